The Bertz CT molecular complexity index is 1240. The maximum absolute atomic E-state index is 12.7. The third-order valence-corrected chi connectivity index (χ3v) is 10.9. The molecule has 0 saturated carbocycles. The van der Waals surface area contributed by atoms with Crippen LogP contribution in [0.1, 0.15) is 239 Å². The van der Waals surface area contributed by atoms with E-state index in [9.17, 15) is 14.4 Å². The Kier molecular flexibility index (Phi) is 48.5. The largest absolute Gasteiger partial charge is 0.462 e. The first-order chi connectivity index (χ1) is 31.0. The Hall–Kier alpha value is -3.41. The Labute approximate surface area is 388 Å². The summed E-state index contributed by atoms with van der Waals surface area (Å²) in [5.41, 5.74) is 0. The van der Waals surface area contributed by atoms with Gasteiger partial charge >= 0.3 is 17.9 Å². The van der Waals surface area contributed by atoms with Crippen LogP contribution in [0.25, 0.3) is 0 Å². The van der Waals surface area contributed by atoms with Crippen molar-refractivity contribution in [3.05, 3.63) is 85.1 Å². The van der Waals surface area contributed by atoms with E-state index in [1.807, 2.05) is 0 Å². The molecule has 0 saturated heterocycles. The number of carbonyl (C=O) groups is 3. The second-order valence-corrected chi connectivity index (χ2v) is 17.1. The summed E-state index contributed by atoms with van der Waals surface area (Å²) in [6.45, 7) is 6.41. The monoisotopic (exact) mass is 877 g/mol. The molecule has 0 amide bonds. The van der Waals surface area contributed by atoms with E-state index in [1.54, 1.807) is 0 Å². The van der Waals surface area contributed by atoms with Crippen molar-refractivity contribution in [2.75, 3.05) is 13.2 Å². The van der Waals surface area contributed by atoms with E-state index in [-0.39, 0.29) is 31.1 Å². The molecule has 6 nitrogen and oxygen atoms in total. The van der Waals surface area contributed by atoms with E-state index in [1.165, 1.54) is 83.5 Å². The van der Waals surface area contributed by atoms with Gasteiger partial charge in [-0.25, -0.2) is 0 Å². The standard InChI is InChI=1S/C57H96O6/c1-4-7-10-13-15-17-19-21-23-25-26-27-28-29-30-32-33-35-37-39-41-44-47-50-56(59)62-53-54(52-61-55(58)49-46-43-12-9-6-3)63-57(60)51-48-45-42-40-38-36-34-31-24-22-20-18-16-14-11-8-5-2/h7,10,15,17,21-24,26-27,29-30,33,35,54H,4-6,8-9,11-14,16,18-20,25,28,31-32,34,36-53H2,1-3H3/b10-7-,17-15-,23-21-,24-22-,27-26-,30-29-,35-33-. The van der Waals surface area contributed by atoms with Crippen LogP contribution in [0.3, 0.4) is 0 Å². The van der Waals surface area contributed by atoms with Crippen molar-refractivity contribution in [2.24, 2.45) is 0 Å². The molecule has 0 rings (SSSR count). The van der Waals surface area contributed by atoms with Crippen molar-refractivity contribution in [2.45, 2.75) is 245 Å². The summed E-state index contributed by atoms with van der Waals surface area (Å²) in [5.74, 6) is -0.933. The van der Waals surface area contributed by atoms with Crippen LogP contribution in [0, 0.1) is 0 Å². The second kappa shape index (κ2) is 51.2. The van der Waals surface area contributed by atoms with Crippen molar-refractivity contribution in [3.8, 4) is 0 Å². The maximum atomic E-state index is 12.7. The van der Waals surface area contributed by atoms with Crippen LogP contribution in [0.15, 0.2) is 85.1 Å². The summed E-state index contributed by atoms with van der Waals surface area (Å²) in [7, 11) is 0. The van der Waals surface area contributed by atoms with Crippen LogP contribution in [0.2, 0.25) is 0 Å². The van der Waals surface area contributed by atoms with Crippen LogP contribution in [0.4, 0.5) is 0 Å². The predicted octanol–water partition coefficient (Wildman–Crippen LogP) is 17.2. The minimum Gasteiger partial charge on any atom is -0.462 e. The molecule has 1 atom stereocenters. The number of esters is 3. The summed E-state index contributed by atoms with van der Waals surface area (Å²) in [5, 5.41) is 0. The Morgan fingerprint density at radius 1 is 0.333 bits per heavy atom. The third-order valence-electron chi connectivity index (χ3n) is 10.9. The quantitative estimate of drug-likeness (QED) is 0.0262. The molecule has 0 aromatic carbocycles. The highest BCUT2D eigenvalue weighted by Crippen LogP contribution is 2.14. The van der Waals surface area contributed by atoms with Crippen molar-refractivity contribution in [3.63, 3.8) is 0 Å². The molecule has 0 aliphatic carbocycles. The molecule has 0 aromatic rings. The number of allylic oxidation sites excluding steroid dienone is 14. The van der Waals surface area contributed by atoms with E-state index in [0.717, 1.165) is 116 Å². The maximum Gasteiger partial charge on any atom is 0.306 e. The Morgan fingerprint density at radius 3 is 0.984 bits per heavy atom. The van der Waals surface area contributed by atoms with E-state index >= 15 is 0 Å². The zero-order chi connectivity index (χ0) is 45.8. The van der Waals surface area contributed by atoms with Gasteiger partial charge in [0.2, 0.25) is 0 Å². The molecule has 0 spiro atoms. The van der Waals surface area contributed by atoms with Gasteiger partial charge in [-0.1, -0.05) is 209 Å². The number of carbonyl (C=O) groups excluding carboxylic acids is 3. The smallest absolute Gasteiger partial charge is 0.306 e. The minimum atomic E-state index is -0.785. The van der Waals surface area contributed by atoms with Gasteiger partial charge in [-0.2, -0.15) is 0 Å². The summed E-state index contributed by atoms with van der Waals surface area (Å²) in [6, 6.07) is 0. The molecule has 0 aliphatic rings. The molecule has 0 aliphatic heterocycles. The molecule has 0 aromatic heterocycles. The Morgan fingerprint density at radius 2 is 0.619 bits per heavy atom. The molecule has 1 unspecified atom stereocenters. The van der Waals surface area contributed by atoms with Crippen LogP contribution >= 0.6 is 0 Å². The molecule has 0 heterocycles. The Balaban J connectivity index is 4.23. The highest BCUT2D eigenvalue weighted by atomic mass is 16.6. The van der Waals surface area contributed by atoms with E-state index < -0.39 is 6.10 Å². The molecular formula is C57H96O6. The first-order valence-electron chi connectivity index (χ1n) is 26.1. The molecule has 0 fully saturated rings. The number of hydrogen-bond acceptors (Lipinski definition) is 6. The first kappa shape index (κ1) is 59.6. The average Bonchev–Trinajstić information content (AvgIpc) is 3.28. The number of rotatable bonds is 46. The highest BCUT2D eigenvalue weighted by Gasteiger charge is 2.19. The average molecular weight is 877 g/mol. The van der Waals surface area contributed by atoms with Gasteiger partial charge in [0.1, 0.15) is 13.2 Å². The zero-order valence-corrected chi connectivity index (χ0v) is 41.1. The molecule has 0 N–H and O–H groups in total. The minimum absolute atomic E-state index is 0.0877. The lowest BCUT2D eigenvalue weighted by Crippen LogP contribution is -2.30. The summed E-state index contributed by atoms with van der Waals surface area (Å²) >= 11 is 0. The van der Waals surface area contributed by atoms with Crippen LogP contribution in [-0.4, -0.2) is 37.2 Å². The fourth-order valence-electron chi connectivity index (χ4n) is 6.97. The lowest BCUT2D eigenvalue weighted by Gasteiger charge is -2.18. The molecular weight excluding hydrogens is 781 g/mol. The van der Waals surface area contributed by atoms with Gasteiger partial charge in [-0.3, -0.25) is 14.4 Å². The van der Waals surface area contributed by atoms with Crippen molar-refractivity contribution < 1.29 is 28.6 Å². The highest BCUT2D eigenvalue weighted by molar-refractivity contribution is 5.71. The van der Waals surface area contributed by atoms with Gasteiger partial charge in [-0.05, 0) is 96.3 Å². The van der Waals surface area contributed by atoms with Crippen LogP contribution < -0.4 is 0 Å². The van der Waals surface area contributed by atoms with E-state index in [0.29, 0.717) is 19.3 Å². The number of unbranched alkanes of at least 4 members (excludes halogenated alkanes) is 21. The summed E-state index contributed by atoms with van der Waals surface area (Å²) in [6.07, 6.45) is 66.0. The molecule has 0 bridgehead atoms. The summed E-state index contributed by atoms with van der Waals surface area (Å²) < 4.78 is 16.7. The van der Waals surface area contributed by atoms with E-state index in [4.69, 9.17) is 14.2 Å². The number of ether oxygens (including phenoxy) is 3. The second-order valence-electron chi connectivity index (χ2n) is 17.1. The summed E-state index contributed by atoms with van der Waals surface area (Å²) in [4.78, 5) is 37.7. The van der Waals surface area contributed by atoms with Crippen molar-refractivity contribution in [1.29, 1.82) is 0 Å². The SMILES string of the molecule is CC/C=C\C/C=C\C/C=C\C/C=C\C/C=C\C/C=C\CCCCCCC(=O)OCC(COC(=O)CCCCCCC)OC(=O)CCCCCCCCC/C=C\CCCCCCCC. The fourth-order valence-corrected chi connectivity index (χ4v) is 6.97. The van der Waals surface area contributed by atoms with Crippen LogP contribution in [0.5, 0.6) is 0 Å². The molecule has 360 valence electrons. The zero-order valence-electron chi connectivity index (χ0n) is 41.1. The number of hydrogen-bond donors (Lipinski definition) is 0. The molecule has 6 heteroatoms. The normalized spacial score (nSPS) is 12.7. The fraction of sp³-hybridized carbons (Fsp3) is 0.702. The first-order valence-corrected chi connectivity index (χ1v) is 26.1. The van der Waals surface area contributed by atoms with Gasteiger partial charge in [0.05, 0.1) is 0 Å². The lowest BCUT2D eigenvalue weighted by molar-refractivity contribution is -0.167. The third kappa shape index (κ3) is 49.5. The van der Waals surface area contributed by atoms with Crippen molar-refractivity contribution in [1.82, 2.24) is 0 Å². The van der Waals surface area contributed by atoms with Crippen molar-refractivity contribution >= 4 is 17.9 Å². The lowest BCUT2D eigenvalue weighted by atomic mass is 10.1. The van der Waals surface area contributed by atoms with E-state index in [2.05, 4.69) is 106 Å². The van der Waals surface area contributed by atoms with Gasteiger partial charge in [0.15, 0.2) is 6.10 Å². The van der Waals surface area contributed by atoms with Gasteiger partial charge in [0, 0.05) is 19.3 Å². The van der Waals surface area contributed by atoms with Crippen LogP contribution in [-0.2, 0) is 28.6 Å². The van der Waals surface area contributed by atoms with Gasteiger partial charge in [-0.15, -0.1) is 0 Å². The molecule has 63 heavy (non-hydrogen) atoms. The topological polar surface area (TPSA) is 78.9 Å². The molecule has 0 radical (unpaired) electrons. The van der Waals surface area contributed by atoms with Gasteiger partial charge < -0.3 is 14.2 Å². The predicted molar refractivity (Wildman–Crippen MR) is 270 cm³/mol. The van der Waals surface area contributed by atoms with Gasteiger partial charge in [0.25, 0.3) is 0 Å².